The number of fused-ring (bicyclic) bond motifs is 1. The van der Waals surface area contributed by atoms with Gasteiger partial charge in [0.05, 0.1) is 12.6 Å². The maximum atomic E-state index is 12.8. The Kier molecular flexibility index (Phi) is 5.19. The van der Waals surface area contributed by atoms with E-state index in [9.17, 15) is 9.90 Å². The molecule has 2 atom stereocenters. The summed E-state index contributed by atoms with van der Waals surface area (Å²) in [6.07, 6.45) is 0.706. The van der Waals surface area contributed by atoms with Crippen LogP contribution >= 0.6 is 0 Å². The molecule has 22 heavy (non-hydrogen) atoms. The quantitative estimate of drug-likeness (QED) is 0.843. The van der Waals surface area contributed by atoms with Crippen LogP contribution in [0.2, 0.25) is 0 Å². The number of carbonyl (C=O) groups excluding carboxylic acids is 1. The lowest BCUT2D eigenvalue weighted by molar-refractivity contribution is -0.131. The highest BCUT2D eigenvalue weighted by molar-refractivity contribution is 6.03. The highest BCUT2D eigenvalue weighted by atomic mass is 16.5. The standard InChI is InChI=1S/C17H21NO4/c1-17(20,9-6-10-21-2)16(19)18-14(12-22-3)11-13-7-4-5-8-15(13)18/h4-5,7-8,14,20H,10-12H2,1-3H3/t14-,17+/m0/s1. The number of hydrogen-bond acceptors (Lipinski definition) is 4. The first-order chi connectivity index (χ1) is 10.5. The zero-order chi connectivity index (χ0) is 16.2. The van der Waals surface area contributed by atoms with Gasteiger partial charge in [-0.15, -0.1) is 0 Å². The molecule has 0 spiro atoms. The number of ether oxygens (including phenoxy) is 2. The number of methoxy groups -OCH3 is 2. The summed E-state index contributed by atoms with van der Waals surface area (Å²) < 4.78 is 10.0. The fourth-order valence-corrected chi connectivity index (χ4v) is 2.63. The van der Waals surface area contributed by atoms with Crippen LogP contribution in [-0.2, 0) is 20.7 Å². The van der Waals surface area contributed by atoms with E-state index >= 15 is 0 Å². The summed E-state index contributed by atoms with van der Waals surface area (Å²) >= 11 is 0. The lowest BCUT2D eigenvalue weighted by atomic mass is 10.1. The molecule has 0 fully saturated rings. The topological polar surface area (TPSA) is 59.0 Å². The van der Waals surface area contributed by atoms with Gasteiger partial charge >= 0.3 is 0 Å². The molecule has 0 aromatic heterocycles. The van der Waals surface area contributed by atoms with E-state index in [0.29, 0.717) is 13.0 Å². The highest BCUT2D eigenvalue weighted by Gasteiger charge is 2.41. The van der Waals surface area contributed by atoms with Crippen LogP contribution in [0.4, 0.5) is 5.69 Å². The third-order valence-corrected chi connectivity index (χ3v) is 3.61. The molecule has 1 heterocycles. The lowest BCUT2D eigenvalue weighted by Gasteiger charge is -2.29. The molecule has 5 heteroatoms. The van der Waals surface area contributed by atoms with E-state index in [1.165, 1.54) is 14.0 Å². The van der Waals surface area contributed by atoms with Crippen molar-refractivity contribution in [1.29, 1.82) is 0 Å². The first kappa shape index (κ1) is 16.5. The smallest absolute Gasteiger partial charge is 0.271 e. The minimum Gasteiger partial charge on any atom is -0.383 e. The third kappa shape index (κ3) is 3.30. The monoisotopic (exact) mass is 303 g/mol. The molecule has 0 saturated carbocycles. The van der Waals surface area contributed by atoms with Crippen molar-refractivity contribution < 1.29 is 19.4 Å². The van der Waals surface area contributed by atoms with Crippen molar-refractivity contribution in [2.45, 2.75) is 25.0 Å². The van der Waals surface area contributed by atoms with Gasteiger partial charge in [0.2, 0.25) is 5.60 Å². The maximum Gasteiger partial charge on any atom is 0.271 e. The van der Waals surface area contributed by atoms with Gasteiger partial charge in [-0.25, -0.2) is 0 Å². The molecule has 1 aromatic carbocycles. The summed E-state index contributed by atoms with van der Waals surface area (Å²) in [5.41, 5.74) is 0.115. The molecule has 1 aliphatic heterocycles. The Morgan fingerprint density at radius 3 is 2.82 bits per heavy atom. The van der Waals surface area contributed by atoms with Crippen LogP contribution in [0.3, 0.4) is 0 Å². The van der Waals surface area contributed by atoms with Crippen molar-refractivity contribution in [1.82, 2.24) is 0 Å². The molecule has 0 bridgehead atoms. The molecule has 1 N–H and O–H groups in total. The SMILES string of the molecule is COCC#C[C@@](C)(O)C(=O)N1c2ccccc2C[C@H]1COC. The largest absolute Gasteiger partial charge is 0.383 e. The minimum atomic E-state index is -1.76. The molecule has 2 rings (SSSR count). The molecule has 0 unspecified atom stereocenters. The van der Waals surface area contributed by atoms with Crippen molar-refractivity contribution in [3.8, 4) is 11.8 Å². The van der Waals surface area contributed by atoms with Gasteiger partial charge in [-0.2, -0.15) is 0 Å². The summed E-state index contributed by atoms with van der Waals surface area (Å²) in [5, 5.41) is 10.4. The Hall–Kier alpha value is -1.87. The Morgan fingerprint density at radius 1 is 1.41 bits per heavy atom. The van der Waals surface area contributed by atoms with Gasteiger partial charge in [0.1, 0.15) is 6.61 Å². The molecule has 118 valence electrons. The van der Waals surface area contributed by atoms with Gasteiger partial charge in [0.25, 0.3) is 5.91 Å². The number of aliphatic hydroxyl groups is 1. The molecule has 5 nitrogen and oxygen atoms in total. The van der Waals surface area contributed by atoms with Crippen LogP contribution in [0.25, 0.3) is 0 Å². The van der Waals surface area contributed by atoms with Crippen LogP contribution in [0.1, 0.15) is 12.5 Å². The van der Waals surface area contributed by atoms with E-state index in [2.05, 4.69) is 11.8 Å². The number of anilines is 1. The van der Waals surface area contributed by atoms with Crippen molar-refractivity contribution in [2.75, 3.05) is 32.3 Å². The molecule has 0 aliphatic carbocycles. The summed E-state index contributed by atoms with van der Waals surface area (Å²) in [6.45, 7) is 1.98. The van der Waals surface area contributed by atoms with E-state index in [4.69, 9.17) is 9.47 Å². The molecule has 1 aliphatic rings. The van der Waals surface area contributed by atoms with Crippen LogP contribution < -0.4 is 4.90 Å². The highest BCUT2D eigenvalue weighted by Crippen LogP contribution is 2.33. The number of carbonyl (C=O) groups is 1. The van der Waals surface area contributed by atoms with E-state index in [0.717, 1.165) is 11.3 Å². The normalized spacial score (nSPS) is 19.1. The second-order valence-electron chi connectivity index (χ2n) is 5.42. The van der Waals surface area contributed by atoms with Crippen molar-refractivity contribution in [2.24, 2.45) is 0 Å². The molecule has 1 amide bonds. The first-order valence-corrected chi connectivity index (χ1v) is 7.13. The van der Waals surface area contributed by atoms with Crippen LogP contribution in [-0.4, -0.2) is 50.1 Å². The molecule has 0 saturated heterocycles. The van der Waals surface area contributed by atoms with Crippen molar-refractivity contribution in [3.63, 3.8) is 0 Å². The number of nitrogens with zero attached hydrogens (tertiary/aromatic N) is 1. The second-order valence-corrected chi connectivity index (χ2v) is 5.42. The fourth-order valence-electron chi connectivity index (χ4n) is 2.63. The summed E-state index contributed by atoms with van der Waals surface area (Å²) in [7, 11) is 3.11. The zero-order valence-corrected chi connectivity index (χ0v) is 13.1. The molecule has 0 radical (unpaired) electrons. The maximum absolute atomic E-state index is 12.8. The van der Waals surface area contributed by atoms with Gasteiger partial charge in [0, 0.05) is 19.9 Å². The Morgan fingerprint density at radius 2 is 2.14 bits per heavy atom. The number of hydrogen-bond donors (Lipinski definition) is 1. The molecular weight excluding hydrogens is 282 g/mol. The zero-order valence-electron chi connectivity index (χ0n) is 13.1. The predicted molar refractivity (Wildman–Crippen MR) is 83.6 cm³/mol. The Balaban J connectivity index is 2.31. The number of para-hydroxylation sites is 1. The number of amides is 1. The summed E-state index contributed by atoms with van der Waals surface area (Å²) in [5.74, 6) is 4.79. The number of rotatable bonds is 4. The van der Waals surface area contributed by atoms with Crippen LogP contribution in [0.5, 0.6) is 0 Å². The van der Waals surface area contributed by atoms with E-state index in [-0.39, 0.29) is 12.6 Å². The Bertz CT molecular complexity index is 600. The fraction of sp³-hybridized carbons (Fsp3) is 0.471. The second kappa shape index (κ2) is 6.93. The molecular formula is C17H21NO4. The first-order valence-electron chi connectivity index (χ1n) is 7.13. The van der Waals surface area contributed by atoms with E-state index in [1.807, 2.05) is 24.3 Å². The average molecular weight is 303 g/mol. The summed E-state index contributed by atoms with van der Waals surface area (Å²) in [6, 6.07) is 7.54. The van der Waals surface area contributed by atoms with Gasteiger partial charge in [-0.1, -0.05) is 30.0 Å². The van der Waals surface area contributed by atoms with Crippen LogP contribution in [0, 0.1) is 11.8 Å². The van der Waals surface area contributed by atoms with Crippen molar-refractivity contribution >= 4 is 11.6 Å². The van der Waals surface area contributed by atoms with E-state index in [1.54, 1.807) is 12.0 Å². The van der Waals surface area contributed by atoms with Gasteiger partial charge < -0.3 is 19.5 Å². The van der Waals surface area contributed by atoms with Gasteiger partial charge in [-0.05, 0) is 25.0 Å². The average Bonchev–Trinajstić information content (AvgIpc) is 2.85. The minimum absolute atomic E-state index is 0.134. The summed E-state index contributed by atoms with van der Waals surface area (Å²) in [4.78, 5) is 14.4. The predicted octanol–water partition coefficient (Wildman–Crippen LogP) is 0.991. The Labute approximate surface area is 130 Å². The van der Waals surface area contributed by atoms with Gasteiger partial charge in [0.15, 0.2) is 0 Å². The van der Waals surface area contributed by atoms with Crippen molar-refractivity contribution in [3.05, 3.63) is 29.8 Å². The molecule has 1 aromatic rings. The van der Waals surface area contributed by atoms with Crippen LogP contribution in [0.15, 0.2) is 24.3 Å². The van der Waals surface area contributed by atoms with E-state index < -0.39 is 11.5 Å². The lowest BCUT2D eigenvalue weighted by Crippen LogP contribution is -2.51. The van der Waals surface area contributed by atoms with Gasteiger partial charge in [-0.3, -0.25) is 4.79 Å². The number of benzene rings is 1. The third-order valence-electron chi connectivity index (χ3n) is 3.61.